The van der Waals surface area contributed by atoms with Crippen LogP contribution in [-0.4, -0.2) is 24.3 Å². The standard InChI is InChI=1S/C14H23BrN2O/c1-10-5-6-12(8-13(10)15)14(9-16)17-11(2)4-3-7-18/h5-6,8,11,14,17-18H,3-4,7,9,16H2,1-2H3. The Morgan fingerprint density at radius 2 is 2.17 bits per heavy atom. The van der Waals surface area contributed by atoms with Crippen molar-refractivity contribution in [3.8, 4) is 0 Å². The first kappa shape index (κ1) is 15.6. The van der Waals surface area contributed by atoms with Crippen molar-refractivity contribution in [3.05, 3.63) is 33.8 Å². The molecule has 0 aliphatic rings. The third-order valence-corrected chi connectivity index (χ3v) is 3.97. The van der Waals surface area contributed by atoms with Crippen molar-refractivity contribution in [2.75, 3.05) is 13.2 Å². The van der Waals surface area contributed by atoms with Gasteiger partial charge in [0.25, 0.3) is 0 Å². The summed E-state index contributed by atoms with van der Waals surface area (Å²) in [6.07, 6.45) is 1.78. The number of aryl methyl sites for hydroxylation is 1. The highest BCUT2D eigenvalue weighted by Crippen LogP contribution is 2.22. The number of nitrogens with one attached hydrogen (secondary N) is 1. The molecular formula is C14H23BrN2O. The molecule has 3 nitrogen and oxygen atoms in total. The van der Waals surface area contributed by atoms with E-state index >= 15 is 0 Å². The van der Waals surface area contributed by atoms with Crippen molar-refractivity contribution in [1.29, 1.82) is 0 Å². The highest BCUT2D eigenvalue weighted by molar-refractivity contribution is 9.10. The van der Waals surface area contributed by atoms with E-state index in [4.69, 9.17) is 10.8 Å². The van der Waals surface area contributed by atoms with Crippen molar-refractivity contribution < 1.29 is 5.11 Å². The molecule has 0 amide bonds. The van der Waals surface area contributed by atoms with Crippen LogP contribution in [0.15, 0.2) is 22.7 Å². The van der Waals surface area contributed by atoms with E-state index in [2.05, 4.69) is 53.3 Å². The van der Waals surface area contributed by atoms with Gasteiger partial charge in [-0.1, -0.05) is 28.1 Å². The first-order valence-electron chi connectivity index (χ1n) is 6.41. The van der Waals surface area contributed by atoms with Crippen LogP contribution in [0.4, 0.5) is 0 Å². The van der Waals surface area contributed by atoms with E-state index in [0.29, 0.717) is 12.6 Å². The van der Waals surface area contributed by atoms with Crippen LogP contribution >= 0.6 is 15.9 Å². The second-order valence-corrected chi connectivity index (χ2v) is 5.58. The van der Waals surface area contributed by atoms with E-state index in [1.165, 1.54) is 11.1 Å². The van der Waals surface area contributed by atoms with Crippen molar-refractivity contribution in [2.45, 2.75) is 38.8 Å². The SMILES string of the molecule is Cc1ccc(C(CN)NC(C)CCCO)cc1Br. The van der Waals surface area contributed by atoms with Gasteiger partial charge < -0.3 is 16.2 Å². The van der Waals surface area contributed by atoms with E-state index in [1.54, 1.807) is 0 Å². The lowest BCUT2D eigenvalue weighted by Crippen LogP contribution is -2.35. The fourth-order valence-electron chi connectivity index (χ4n) is 1.95. The second kappa shape index (κ2) is 7.89. The lowest BCUT2D eigenvalue weighted by molar-refractivity contribution is 0.274. The Bertz CT molecular complexity index is 371. The summed E-state index contributed by atoms with van der Waals surface area (Å²) in [7, 11) is 0. The summed E-state index contributed by atoms with van der Waals surface area (Å²) in [5.74, 6) is 0. The minimum absolute atomic E-state index is 0.163. The van der Waals surface area contributed by atoms with E-state index in [9.17, 15) is 0 Å². The van der Waals surface area contributed by atoms with Gasteiger partial charge in [0, 0.05) is 29.7 Å². The maximum Gasteiger partial charge on any atom is 0.0446 e. The van der Waals surface area contributed by atoms with Crippen molar-refractivity contribution in [3.63, 3.8) is 0 Å². The van der Waals surface area contributed by atoms with Crippen molar-refractivity contribution in [2.24, 2.45) is 5.73 Å². The number of nitrogens with two attached hydrogens (primary N) is 1. The maximum atomic E-state index is 8.83. The molecule has 0 saturated carbocycles. The second-order valence-electron chi connectivity index (χ2n) is 4.73. The Morgan fingerprint density at radius 3 is 2.72 bits per heavy atom. The lowest BCUT2D eigenvalue weighted by Gasteiger charge is -2.23. The lowest BCUT2D eigenvalue weighted by atomic mass is 10.0. The van der Waals surface area contributed by atoms with Gasteiger partial charge in [-0.3, -0.25) is 0 Å². The number of aliphatic hydroxyl groups is 1. The highest BCUT2D eigenvalue weighted by atomic mass is 79.9. The van der Waals surface area contributed by atoms with Gasteiger partial charge in [0.05, 0.1) is 0 Å². The fourth-order valence-corrected chi connectivity index (χ4v) is 2.35. The molecule has 2 unspecified atom stereocenters. The Labute approximate surface area is 118 Å². The van der Waals surface area contributed by atoms with Gasteiger partial charge in [-0.05, 0) is 43.9 Å². The quantitative estimate of drug-likeness (QED) is 0.724. The molecule has 0 heterocycles. The topological polar surface area (TPSA) is 58.3 Å². The van der Waals surface area contributed by atoms with Crippen LogP contribution in [0.5, 0.6) is 0 Å². The molecule has 102 valence electrons. The zero-order valence-corrected chi connectivity index (χ0v) is 12.7. The minimum Gasteiger partial charge on any atom is -0.396 e. The van der Waals surface area contributed by atoms with Crippen LogP contribution in [0.3, 0.4) is 0 Å². The van der Waals surface area contributed by atoms with Gasteiger partial charge >= 0.3 is 0 Å². The van der Waals surface area contributed by atoms with E-state index in [-0.39, 0.29) is 12.6 Å². The zero-order valence-electron chi connectivity index (χ0n) is 11.1. The molecule has 0 fully saturated rings. The third-order valence-electron chi connectivity index (χ3n) is 3.11. The van der Waals surface area contributed by atoms with Gasteiger partial charge in [-0.15, -0.1) is 0 Å². The first-order chi connectivity index (χ1) is 8.58. The number of hydrogen-bond donors (Lipinski definition) is 3. The summed E-state index contributed by atoms with van der Waals surface area (Å²) in [5, 5.41) is 12.3. The summed E-state index contributed by atoms with van der Waals surface area (Å²) in [6.45, 7) is 5.01. The summed E-state index contributed by atoms with van der Waals surface area (Å²) in [4.78, 5) is 0. The molecule has 0 radical (unpaired) electrons. The molecule has 4 N–H and O–H groups in total. The molecule has 1 aromatic carbocycles. The number of aliphatic hydroxyl groups excluding tert-OH is 1. The summed E-state index contributed by atoms with van der Waals surface area (Å²) >= 11 is 3.55. The Kier molecular flexibility index (Phi) is 6.86. The Hall–Kier alpha value is -0.420. The third kappa shape index (κ3) is 4.69. The number of rotatable bonds is 7. The van der Waals surface area contributed by atoms with E-state index < -0.39 is 0 Å². The molecule has 18 heavy (non-hydrogen) atoms. The van der Waals surface area contributed by atoms with Crippen LogP contribution in [0.25, 0.3) is 0 Å². The number of benzene rings is 1. The monoisotopic (exact) mass is 314 g/mol. The molecule has 1 rings (SSSR count). The fraction of sp³-hybridized carbons (Fsp3) is 0.571. The molecule has 0 saturated heterocycles. The van der Waals surface area contributed by atoms with E-state index in [0.717, 1.165) is 17.3 Å². The highest BCUT2D eigenvalue weighted by Gasteiger charge is 2.13. The average Bonchev–Trinajstić information content (AvgIpc) is 2.37. The predicted molar refractivity (Wildman–Crippen MR) is 79.6 cm³/mol. The molecule has 1 aromatic rings. The molecule has 0 aromatic heterocycles. The van der Waals surface area contributed by atoms with Gasteiger partial charge in [-0.2, -0.15) is 0 Å². The van der Waals surface area contributed by atoms with Crippen LogP contribution in [0.1, 0.15) is 36.9 Å². The summed E-state index contributed by atoms with van der Waals surface area (Å²) < 4.78 is 1.11. The minimum atomic E-state index is 0.163. The zero-order chi connectivity index (χ0) is 13.5. The van der Waals surface area contributed by atoms with Crippen LogP contribution < -0.4 is 11.1 Å². The molecular weight excluding hydrogens is 292 g/mol. The largest absolute Gasteiger partial charge is 0.396 e. The van der Waals surface area contributed by atoms with Crippen LogP contribution in [0, 0.1) is 6.92 Å². The van der Waals surface area contributed by atoms with Gasteiger partial charge in [0.2, 0.25) is 0 Å². The average molecular weight is 315 g/mol. The number of hydrogen-bond acceptors (Lipinski definition) is 3. The van der Waals surface area contributed by atoms with Crippen LogP contribution in [0.2, 0.25) is 0 Å². The van der Waals surface area contributed by atoms with Gasteiger partial charge in [-0.25, -0.2) is 0 Å². The maximum absolute atomic E-state index is 8.83. The van der Waals surface area contributed by atoms with Crippen LogP contribution in [-0.2, 0) is 0 Å². The van der Waals surface area contributed by atoms with Gasteiger partial charge in [0.15, 0.2) is 0 Å². The molecule has 0 aliphatic carbocycles. The summed E-state index contributed by atoms with van der Waals surface area (Å²) in [6, 6.07) is 6.85. The van der Waals surface area contributed by atoms with Crippen molar-refractivity contribution in [1.82, 2.24) is 5.32 Å². The molecule has 4 heteroatoms. The molecule has 0 spiro atoms. The molecule has 0 aliphatic heterocycles. The van der Waals surface area contributed by atoms with Gasteiger partial charge in [0.1, 0.15) is 0 Å². The normalized spacial score (nSPS) is 14.5. The number of halogens is 1. The molecule has 2 atom stereocenters. The molecule has 0 bridgehead atoms. The predicted octanol–water partition coefficient (Wildman–Crippen LogP) is 2.51. The van der Waals surface area contributed by atoms with E-state index in [1.807, 2.05) is 0 Å². The Balaban J connectivity index is 2.67. The van der Waals surface area contributed by atoms with Crippen molar-refractivity contribution >= 4 is 15.9 Å². The Morgan fingerprint density at radius 1 is 1.44 bits per heavy atom. The smallest absolute Gasteiger partial charge is 0.0446 e. The first-order valence-corrected chi connectivity index (χ1v) is 7.20. The summed E-state index contributed by atoms with van der Waals surface area (Å²) in [5.41, 5.74) is 8.27.